The van der Waals surface area contributed by atoms with E-state index in [0.29, 0.717) is 24.0 Å². The average Bonchev–Trinajstić information content (AvgIpc) is 2.77. The first-order valence-electron chi connectivity index (χ1n) is 10.2. The SMILES string of the molecule is CN(C(=O)c1ccc([C@](C)(O)C(F)(F)F)cc1)C1CCC(c2ccc(C#N)cc2)CC1. The number of hydrogen-bond acceptors (Lipinski definition) is 3. The fourth-order valence-electron chi connectivity index (χ4n) is 4.10. The van der Waals surface area contributed by atoms with Gasteiger partial charge >= 0.3 is 6.18 Å². The number of hydrogen-bond donors (Lipinski definition) is 1. The van der Waals surface area contributed by atoms with Crippen LogP contribution in [0.5, 0.6) is 0 Å². The molecule has 164 valence electrons. The molecule has 0 spiro atoms. The highest BCUT2D eigenvalue weighted by atomic mass is 19.4. The average molecular weight is 430 g/mol. The normalized spacial score (nSPS) is 21.1. The Kier molecular flexibility index (Phi) is 6.42. The van der Waals surface area contributed by atoms with Crippen molar-refractivity contribution in [3.63, 3.8) is 0 Å². The van der Waals surface area contributed by atoms with E-state index in [4.69, 9.17) is 5.26 Å². The molecule has 0 radical (unpaired) electrons. The summed E-state index contributed by atoms with van der Waals surface area (Å²) in [6.45, 7) is 0.697. The summed E-state index contributed by atoms with van der Waals surface area (Å²) in [4.78, 5) is 14.5. The summed E-state index contributed by atoms with van der Waals surface area (Å²) in [6, 6.07) is 14.7. The minimum atomic E-state index is -4.80. The van der Waals surface area contributed by atoms with Crippen molar-refractivity contribution in [2.75, 3.05) is 7.05 Å². The van der Waals surface area contributed by atoms with Crippen molar-refractivity contribution in [2.45, 2.75) is 56.3 Å². The Morgan fingerprint density at radius 1 is 1.03 bits per heavy atom. The summed E-state index contributed by atoms with van der Waals surface area (Å²) >= 11 is 0. The van der Waals surface area contributed by atoms with Gasteiger partial charge in [-0.15, -0.1) is 0 Å². The van der Waals surface area contributed by atoms with Crippen molar-refractivity contribution in [1.82, 2.24) is 4.90 Å². The number of carbonyl (C=O) groups excluding carboxylic acids is 1. The Morgan fingerprint density at radius 2 is 1.58 bits per heavy atom. The number of carbonyl (C=O) groups is 1. The van der Waals surface area contributed by atoms with Gasteiger partial charge in [0.1, 0.15) is 0 Å². The van der Waals surface area contributed by atoms with Crippen LogP contribution in [0.2, 0.25) is 0 Å². The summed E-state index contributed by atoms with van der Waals surface area (Å²) in [5.41, 5.74) is -1.16. The van der Waals surface area contributed by atoms with Gasteiger partial charge in [-0.2, -0.15) is 18.4 Å². The second-order valence-corrected chi connectivity index (χ2v) is 8.30. The summed E-state index contributed by atoms with van der Waals surface area (Å²) in [7, 11) is 1.72. The van der Waals surface area contributed by atoms with Crippen molar-refractivity contribution >= 4 is 5.91 Å². The van der Waals surface area contributed by atoms with Crippen molar-refractivity contribution in [2.24, 2.45) is 0 Å². The fraction of sp³-hybridized carbons (Fsp3) is 0.417. The van der Waals surface area contributed by atoms with Gasteiger partial charge < -0.3 is 10.0 Å². The monoisotopic (exact) mass is 430 g/mol. The van der Waals surface area contributed by atoms with Gasteiger partial charge in [0.15, 0.2) is 5.60 Å². The molecule has 1 atom stereocenters. The lowest BCUT2D eigenvalue weighted by Crippen LogP contribution is -2.40. The second-order valence-electron chi connectivity index (χ2n) is 8.30. The number of halogens is 3. The third kappa shape index (κ3) is 4.75. The minimum absolute atomic E-state index is 0.0556. The number of benzene rings is 2. The molecule has 0 unspecified atom stereocenters. The molecule has 0 aliphatic heterocycles. The summed E-state index contributed by atoms with van der Waals surface area (Å²) in [5.74, 6) is 0.136. The lowest BCUT2D eigenvalue weighted by atomic mass is 9.81. The molecular formula is C24H25F3N2O2. The van der Waals surface area contributed by atoms with Gasteiger partial charge in [0.2, 0.25) is 0 Å². The van der Waals surface area contributed by atoms with E-state index in [1.54, 1.807) is 11.9 Å². The Bertz CT molecular complexity index is 952. The zero-order chi connectivity index (χ0) is 22.8. The Balaban J connectivity index is 1.62. The van der Waals surface area contributed by atoms with Crippen LogP contribution in [0, 0.1) is 11.3 Å². The van der Waals surface area contributed by atoms with Crippen LogP contribution in [0.4, 0.5) is 13.2 Å². The highest BCUT2D eigenvalue weighted by molar-refractivity contribution is 5.94. The molecule has 1 N–H and O–H groups in total. The molecule has 31 heavy (non-hydrogen) atoms. The smallest absolute Gasteiger partial charge is 0.376 e. The summed E-state index contributed by atoms with van der Waals surface area (Å²) < 4.78 is 39.0. The molecule has 0 bridgehead atoms. The molecule has 0 aromatic heterocycles. The van der Waals surface area contributed by atoms with Crippen molar-refractivity contribution < 1.29 is 23.1 Å². The number of amides is 1. The Labute approximate surface area is 179 Å². The molecule has 2 aromatic carbocycles. The maximum absolute atomic E-state index is 13.0. The van der Waals surface area contributed by atoms with Crippen LogP contribution in [0.25, 0.3) is 0 Å². The summed E-state index contributed by atoms with van der Waals surface area (Å²) in [5, 5.41) is 18.7. The first-order valence-corrected chi connectivity index (χ1v) is 10.2. The van der Waals surface area contributed by atoms with Gasteiger partial charge in [0.05, 0.1) is 11.6 Å². The molecule has 1 aliphatic rings. The van der Waals surface area contributed by atoms with Crippen LogP contribution in [0.3, 0.4) is 0 Å². The standard InChI is InChI=1S/C24H25F3N2O2/c1-23(31,24(25,26)27)20-11-7-19(8-12-20)22(30)29(2)21-13-9-18(10-14-21)17-5-3-16(15-28)4-6-17/h3-8,11-12,18,21,31H,9-10,13-14H2,1-2H3/t18?,21?,23-/m0/s1. The third-order valence-electron chi connectivity index (χ3n) is 6.32. The molecule has 0 heterocycles. The zero-order valence-electron chi connectivity index (χ0n) is 17.5. The molecule has 0 saturated heterocycles. The summed E-state index contributed by atoms with van der Waals surface area (Å²) in [6.07, 6.45) is -1.31. The lowest BCUT2D eigenvalue weighted by Gasteiger charge is -2.35. The van der Waals surface area contributed by atoms with Gasteiger partial charge in [0.25, 0.3) is 5.91 Å². The van der Waals surface area contributed by atoms with E-state index in [1.165, 1.54) is 17.7 Å². The van der Waals surface area contributed by atoms with Gasteiger partial charge in [0, 0.05) is 18.7 Å². The number of nitriles is 1. The molecule has 3 rings (SSSR count). The molecule has 2 aromatic rings. The van der Waals surface area contributed by atoms with E-state index in [0.717, 1.165) is 37.8 Å². The Hall–Kier alpha value is -2.85. The topological polar surface area (TPSA) is 64.3 Å². The predicted octanol–water partition coefficient (Wildman–Crippen LogP) is 5.13. The molecule has 1 saturated carbocycles. The molecule has 4 nitrogen and oxygen atoms in total. The van der Waals surface area contributed by atoms with Crippen molar-refractivity contribution in [3.05, 3.63) is 70.8 Å². The van der Waals surface area contributed by atoms with E-state index in [2.05, 4.69) is 6.07 Å². The Morgan fingerprint density at radius 3 is 2.06 bits per heavy atom. The largest absolute Gasteiger partial charge is 0.421 e. The van der Waals surface area contributed by atoms with Crippen molar-refractivity contribution in [3.8, 4) is 6.07 Å². The number of aliphatic hydroxyl groups is 1. The van der Waals surface area contributed by atoms with Gasteiger partial charge in [-0.05, 0) is 73.9 Å². The minimum Gasteiger partial charge on any atom is -0.376 e. The quantitative estimate of drug-likeness (QED) is 0.732. The number of rotatable bonds is 4. The zero-order valence-corrected chi connectivity index (χ0v) is 17.5. The molecule has 1 amide bonds. The number of alkyl halides is 3. The highest BCUT2D eigenvalue weighted by Crippen LogP contribution is 2.39. The first kappa shape index (κ1) is 22.8. The van der Waals surface area contributed by atoms with E-state index in [-0.39, 0.29) is 17.5 Å². The van der Waals surface area contributed by atoms with E-state index >= 15 is 0 Å². The molecule has 7 heteroatoms. The van der Waals surface area contributed by atoms with E-state index in [9.17, 15) is 23.1 Å². The molecule has 1 aliphatic carbocycles. The second kappa shape index (κ2) is 8.72. The van der Waals surface area contributed by atoms with Gasteiger partial charge in [-0.25, -0.2) is 0 Å². The fourth-order valence-corrected chi connectivity index (χ4v) is 4.10. The highest BCUT2D eigenvalue weighted by Gasteiger charge is 2.51. The maximum atomic E-state index is 13.0. The molecular weight excluding hydrogens is 405 g/mol. The van der Waals surface area contributed by atoms with E-state index < -0.39 is 11.8 Å². The van der Waals surface area contributed by atoms with Crippen LogP contribution in [-0.2, 0) is 5.60 Å². The van der Waals surface area contributed by atoms with Crippen LogP contribution in [0.1, 0.15) is 65.6 Å². The first-order chi connectivity index (χ1) is 14.5. The van der Waals surface area contributed by atoms with Crippen LogP contribution in [-0.4, -0.2) is 35.2 Å². The maximum Gasteiger partial charge on any atom is 0.421 e. The van der Waals surface area contributed by atoms with Gasteiger partial charge in [-0.1, -0.05) is 24.3 Å². The van der Waals surface area contributed by atoms with Crippen molar-refractivity contribution in [1.29, 1.82) is 5.26 Å². The van der Waals surface area contributed by atoms with Crippen LogP contribution >= 0.6 is 0 Å². The number of nitrogens with zero attached hydrogens (tertiary/aromatic N) is 2. The third-order valence-corrected chi connectivity index (χ3v) is 6.32. The lowest BCUT2D eigenvalue weighted by molar-refractivity contribution is -0.258. The predicted molar refractivity (Wildman–Crippen MR) is 110 cm³/mol. The van der Waals surface area contributed by atoms with Crippen LogP contribution < -0.4 is 0 Å². The molecule has 1 fully saturated rings. The van der Waals surface area contributed by atoms with Crippen LogP contribution in [0.15, 0.2) is 48.5 Å². The van der Waals surface area contributed by atoms with E-state index in [1.807, 2.05) is 24.3 Å². The van der Waals surface area contributed by atoms with Gasteiger partial charge in [-0.3, -0.25) is 4.79 Å².